The molecule has 4 nitrogen and oxygen atoms in total. The standard InChI is InChI=1S/C17H21N3OS/c1-12-16(13-4-7-19(12)8-5-13)18-17(21)20-9-6-14(11-20)15-3-2-10-22-15/h2-3,6,9-13,16H,4-5,7-8H2,1H3,(H,18,21)/t12-,16-/m0/s1. The lowest BCUT2D eigenvalue weighted by molar-refractivity contribution is 0.0267. The number of carbonyl (C=O) groups excluding carboxylic acids is 1. The Bertz CT molecular complexity index is 653. The van der Waals surface area contributed by atoms with E-state index in [0.29, 0.717) is 12.0 Å². The zero-order chi connectivity index (χ0) is 15.1. The Morgan fingerprint density at radius 1 is 1.32 bits per heavy atom. The third kappa shape index (κ3) is 2.38. The monoisotopic (exact) mass is 315 g/mol. The van der Waals surface area contributed by atoms with Crippen molar-refractivity contribution in [3.8, 4) is 10.4 Å². The summed E-state index contributed by atoms with van der Waals surface area (Å²) in [5, 5.41) is 5.32. The predicted molar refractivity (Wildman–Crippen MR) is 89.2 cm³/mol. The lowest BCUT2D eigenvalue weighted by Gasteiger charge is -2.49. The highest BCUT2D eigenvalue weighted by Gasteiger charge is 2.40. The summed E-state index contributed by atoms with van der Waals surface area (Å²) < 4.78 is 1.68. The molecule has 1 amide bonds. The van der Waals surface area contributed by atoms with Crippen molar-refractivity contribution in [3.63, 3.8) is 0 Å². The molecular weight excluding hydrogens is 294 g/mol. The highest BCUT2D eigenvalue weighted by Crippen LogP contribution is 2.32. The zero-order valence-electron chi connectivity index (χ0n) is 12.7. The van der Waals surface area contributed by atoms with E-state index in [2.05, 4.69) is 28.6 Å². The Kier molecular flexibility index (Phi) is 3.54. The molecule has 2 aromatic rings. The molecule has 2 aromatic heterocycles. The number of piperidine rings is 3. The largest absolute Gasteiger partial charge is 0.333 e. The molecule has 5 rings (SSSR count). The van der Waals surface area contributed by atoms with Gasteiger partial charge in [0, 0.05) is 34.9 Å². The first-order chi connectivity index (χ1) is 10.7. The molecule has 0 radical (unpaired) electrons. The molecule has 2 bridgehead atoms. The molecular formula is C17H21N3OS. The fourth-order valence-corrected chi connectivity index (χ4v) is 4.59. The zero-order valence-corrected chi connectivity index (χ0v) is 13.6. The molecule has 0 unspecified atom stereocenters. The molecule has 5 heterocycles. The number of nitrogens with one attached hydrogen (secondary N) is 1. The molecule has 2 atom stereocenters. The Balaban J connectivity index is 1.48. The minimum atomic E-state index is -0.00611. The first kappa shape index (κ1) is 14.0. The number of fused-ring (bicyclic) bond motifs is 3. The summed E-state index contributed by atoms with van der Waals surface area (Å²) in [6, 6.07) is 6.84. The van der Waals surface area contributed by atoms with Crippen molar-refractivity contribution in [2.24, 2.45) is 5.92 Å². The number of rotatable bonds is 2. The van der Waals surface area contributed by atoms with Gasteiger partial charge in [-0.2, -0.15) is 0 Å². The summed E-state index contributed by atoms with van der Waals surface area (Å²) in [5.74, 6) is 0.635. The van der Waals surface area contributed by atoms with Crippen LogP contribution in [0.2, 0.25) is 0 Å². The minimum Gasteiger partial charge on any atom is -0.333 e. The Hall–Kier alpha value is -1.59. The normalized spacial score (nSPS) is 30.4. The van der Waals surface area contributed by atoms with Gasteiger partial charge in [-0.15, -0.1) is 11.3 Å². The van der Waals surface area contributed by atoms with Gasteiger partial charge in [0.25, 0.3) is 0 Å². The number of amides is 1. The van der Waals surface area contributed by atoms with Gasteiger partial charge in [-0.05, 0) is 56.3 Å². The smallest absolute Gasteiger partial charge is 0.325 e. The van der Waals surface area contributed by atoms with E-state index in [-0.39, 0.29) is 12.1 Å². The number of hydrogen-bond donors (Lipinski definition) is 1. The van der Waals surface area contributed by atoms with E-state index >= 15 is 0 Å². The van der Waals surface area contributed by atoms with Crippen LogP contribution in [-0.2, 0) is 0 Å². The second kappa shape index (κ2) is 5.56. The van der Waals surface area contributed by atoms with Crippen LogP contribution >= 0.6 is 11.3 Å². The van der Waals surface area contributed by atoms with Crippen molar-refractivity contribution in [3.05, 3.63) is 36.0 Å². The maximum Gasteiger partial charge on any atom is 0.325 e. The third-order valence-corrected chi connectivity index (χ3v) is 6.12. The van der Waals surface area contributed by atoms with Crippen LogP contribution < -0.4 is 5.32 Å². The second-order valence-electron chi connectivity index (χ2n) is 6.37. The van der Waals surface area contributed by atoms with Gasteiger partial charge in [0.1, 0.15) is 0 Å². The van der Waals surface area contributed by atoms with E-state index < -0.39 is 0 Å². The first-order valence-electron chi connectivity index (χ1n) is 7.99. The molecule has 0 aliphatic carbocycles. The van der Waals surface area contributed by atoms with Crippen molar-refractivity contribution in [1.29, 1.82) is 0 Å². The molecule has 3 saturated heterocycles. The summed E-state index contributed by atoms with van der Waals surface area (Å²) in [7, 11) is 0. The lowest BCUT2D eigenvalue weighted by atomic mass is 9.79. The Morgan fingerprint density at radius 3 is 2.82 bits per heavy atom. The average molecular weight is 315 g/mol. The van der Waals surface area contributed by atoms with Gasteiger partial charge in [0.2, 0.25) is 0 Å². The molecule has 3 aliphatic heterocycles. The van der Waals surface area contributed by atoms with Crippen molar-refractivity contribution >= 4 is 17.4 Å². The van der Waals surface area contributed by atoms with Crippen LogP contribution in [0.1, 0.15) is 19.8 Å². The van der Waals surface area contributed by atoms with Crippen molar-refractivity contribution in [1.82, 2.24) is 14.8 Å². The number of nitrogens with zero attached hydrogens (tertiary/aromatic N) is 2. The second-order valence-corrected chi connectivity index (χ2v) is 7.32. The summed E-state index contributed by atoms with van der Waals surface area (Å²) in [5.41, 5.74) is 1.10. The quantitative estimate of drug-likeness (QED) is 0.923. The van der Waals surface area contributed by atoms with Crippen LogP contribution in [0.5, 0.6) is 0 Å². The van der Waals surface area contributed by atoms with Gasteiger partial charge in [-0.25, -0.2) is 4.79 Å². The van der Waals surface area contributed by atoms with E-state index in [1.807, 2.05) is 24.5 Å². The molecule has 3 aliphatic rings. The van der Waals surface area contributed by atoms with Crippen LogP contribution in [0.4, 0.5) is 4.79 Å². The number of thiophene rings is 1. The van der Waals surface area contributed by atoms with E-state index in [1.165, 1.54) is 30.8 Å². The molecule has 116 valence electrons. The molecule has 22 heavy (non-hydrogen) atoms. The summed E-state index contributed by atoms with van der Waals surface area (Å²) in [6.07, 6.45) is 6.20. The predicted octanol–water partition coefficient (Wildman–Crippen LogP) is 3.26. The summed E-state index contributed by atoms with van der Waals surface area (Å²) in [4.78, 5) is 16.2. The molecule has 5 heteroatoms. The molecule has 0 saturated carbocycles. The lowest BCUT2D eigenvalue weighted by Crippen LogP contribution is -2.62. The minimum absolute atomic E-state index is 0.00611. The van der Waals surface area contributed by atoms with Crippen LogP contribution in [-0.4, -0.2) is 40.7 Å². The molecule has 0 aromatic carbocycles. The van der Waals surface area contributed by atoms with Gasteiger partial charge in [0.15, 0.2) is 0 Å². The summed E-state index contributed by atoms with van der Waals surface area (Å²) >= 11 is 1.70. The van der Waals surface area contributed by atoms with E-state index in [4.69, 9.17) is 0 Å². The van der Waals surface area contributed by atoms with Crippen LogP contribution in [0.25, 0.3) is 10.4 Å². The van der Waals surface area contributed by atoms with Crippen LogP contribution in [0.15, 0.2) is 36.0 Å². The van der Waals surface area contributed by atoms with Crippen molar-refractivity contribution in [2.75, 3.05) is 13.1 Å². The van der Waals surface area contributed by atoms with Gasteiger partial charge in [0.05, 0.1) is 0 Å². The van der Waals surface area contributed by atoms with E-state index in [9.17, 15) is 4.79 Å². The van der Waals surface area contributed by atoms with Gasteiger partial charge < -0.3 is 5.32 Å². The third-order valence-electron chi connectivity index (χ3n) is 5.20. The fourth-order valence-electron chi connectivity index (χ4n) is 3.87. The topological polar surface area (TPSA) is 37.3 Å². The fraction of sp³-hybridized carbons (Fsp3) is 0.471. The number of aromatic nitrogens is 1. The highest BCUT2D eigenvalue weighted by molar-refractivity contribution is 7.13. The van der Waals surface area contributed by atoms with E-state index in [0.717, 1.165) is 5.56 Å². The first-order valence-corrected chi connectivity index (χ1v) is 8.87. The Morgan fingerprint density at radius 2 is 2.14 bits per heavy atom. The van der Waals surface area contributed by atoms with Gasteiger partial charge in [-0.1, -0.05) is 6.07 Å². The molecule has 0 spiro atoms. The molecule has 1 N–H and O–H groups in total. The van der Waals surface area contributed by atoms with Crippen molar-refractivity contribution < 1.29 is 4.79 Å². The summed E-state index contributed by atoms with van der Waals surface area (Å²) in [6.45, 7) is 4.61. The number of carbonyl (C=O) groups is 1. The van der Waals surface area contributed by atoms with Crippen molar-refractivity contribution in [2.45, 2.75) is 31.8 Å². The number of hydrogen-bond acceptors (Lipinski definition) is 3. The van der Waals surface area contributed by atoms with Gasteiger partial charge in [-0.3, -0.25) is 9.47 Å². The molecule has 3 fully saturated rings. The highest BCUT2D eigenvalue weighted by atomic mass is 32.1. The SMILES string of the molecule is C[C@H]1[C@H](NC(=O)n2ccc(-c3cccs3)c2)C2CCN1CC2. The Labute approximate surface area is 134 Å². The van der Waals surface area contributed by atoms with Crippen LogP contribution in [0.3, 0.4) is 0 Å². The maximum absolute atomic E-state index is 12.6. The van der Waals surface area contributed by atoms with Gasteiger partial charge >= 0.3 is 6.03 Å². The van der Waals surface area contributed by atoms with Crippen LogP contribution in [0, 0.1) is 5.92 Å². The average Bonchev–Trinajstić information content (AvgIpc) is 3.21. The van der Waals surface area contributed by atoms with E-state index in [1.54, 1.807) is 15.9 Å². The maximum atomic E-state index is 12.6.